The van der Waals surface area contributed by atoms with Crippen LogP contribution in [0, 0.1) is 6.92 Å². The van der Waals surface area contributed by atoms with Crippen LogP contribution in [-0.4, -0.2) is 29.6 Å². The smallest absolute Gasteiger partial charge is 0.313 e. The predicted molar refractivity (Wildman–Crippen MR) is 89.0 cm³/mol. The Bertz CT molecular complexity index is 654. The summed E-state index contributed by atoms with van der Waals surface area (Å²) < 4.78 is 0. The number of aliphatic hydroxyl groups excluding tert-OH is 1. The molecular weight excluding hydrogens is 292 g/mol. The molecular formula is C18H20N2O3. The van der Waals surface area contributed by atoms with Crippen molar-refractivity contribution in [1.29, 1.82) is 0 Å². The van der Waals surface area contributed by atoms with Gasteiger partial charge in [-0.2, -0.15) is 0 Å². The Labute approximate surface area is 135 Å². The lowest BCUT2D eigenvalue weighted by Gasteiger charge is -2.12. The van der Waals surface area contributed by atoms with Crippen molar-refractivity contribution in [1.82, 2.24) is 5.32 Å². The fourth-order valence-electron chi connectivity index (χ4n) is 2.07. The first-order chi connectivity index (χ1) is 11.0. The van der Waals surface area contributed by atoms with Crippen LogP contribution in [0.25, 0.3) is 0 Å². The normalized spacial score (nSPS) is 11.6. The molecule has 3 N–H and O–H groups in total. The van der Waals surface area contributed by atoms with E-state index in [2.05, 4.69) is 10.6 Å². The van der Waals surface area contributed by atoms with Crippen LogP contribution in [0.1, 0.15) is 11.1 Å². The number of aliphatic hydroxyl groups is 1. The molecule has 2 aromatic carbocycles. The number of benzene rings is 2. The highest BCUT2D eigenvalue weighted by Crippen LogP contribution is 2.08. The van der Waals surface area contributed by atoms with Crippen LogP contribution >= 0.6 is 0 Å². The fourth-order valence-corrected chi connectivity index (χ4v) is 2.07. The first-order valence-electron chi connectivity index (χ1n) is 7.42. The van der Waals surface area contributed by atoms with Crippen LogP contribution in [0.3, 0.4) is 0 Å². The topological polar surface area (TPSA) is 78.4 Å². The van der Waals surface area contributed by atoms with Gasteiger partial charge in [0.05, 0.1) is 6.10 Å². The summed E-state index contributed by atoms with van der Waals surface area (Å²) in [4.78, 5) is 23.5. The number of hydrogen-bond acceptors (Lipinski definition) is 3. The molecule has 0 heterocycles. The van der Waals surface area contributed by atoms with Gasteiger partial charge in [-0.3, -0.25) is 9.59 Å². The summed E-state index contributed by atoms with van der Waals surface area (Å²) in [6.45, 7) is 1.96. The molecule has 0 aliphatic rings. The third kappa shape index (κ3) is 5.56. The van der Waals surface area contributed by atoms with E-state index in [1.807, 2.05) is 49.4 Å². The molecule has 0 bridgehead atoms. The Morgan fingerprint density at radius 2 is 1.65 bits per heavy atom. The van der Waals surface area contributed by atoms with E-state index < -0.39 is 17.9 Å². The van der Waals surface area contributed by atoms with Gasteiger partial charge in [0.2, 0.25) is 0 Å². The first-order valence-corrected chi connectivity index (χ1v) is 7.42. The molecule has 0 aromatic heterocycles. The van der Waals surface area contributed by atoms with Gasteiger partial charge in [0.1, 0.15) is 0 Å². The molecule has 23 heavy (non-hydrogen) atoms. The molecule has 0 fully saturated rings. The highest BCUT2D eigenvalue weighted by atomic mass is 16.3. The maximum atomic E-state index is 11.8. The third-order valence-corrected chi connectivity index (χ3v) is 3.33. The van der Waals surface area contributed by atoms with E-state index in [9.17, 15) is 14.7 Å². The molecule has 0 saturated carbocycles. The van der Waals surface area contributed by atoms with Crippen LogP contribution in [0.15, 0.2) is 54.6 Å². The van der Waals surface area contributed by atoms with Gasteiger partial charge < -0.3 is 15.7 Å². The summed E-state index contributed by atoms with van der Waals surface area (Å²) in [5.74, 6) is -1.52. The van der Waals surface area contributed by atoms with Gasteiger partial charge in [0.15, 0.2) is 0 Å². The summed E-state index contributed by atoms with van der Waals surface area (Å²) in [7, 11) is 0. The van der Waals surface area contributed by atoms with Crippen LogP contribution in [-0.2, 0) is 16.0 Å². The molecule has 2 amide bonds. The van der Waals surface area contributed by atoms with Crippen molar-refractivity contribution in [2.75, 3.05) is 11.9 Å². The number of rotatable bonds is 5. The van der Waals surface area contributed by atoms with Gasteiger partial charge in [0.25, 0.3) is 0 Å². The quantitative estimate of drug-likeness (QED) is 0.735. The summed E-state index contributed by atoms with van der Waals surface area (Å²) >= 11 is 0. The Morgan fingerprint density at radius 1 is 1.00 bits per heavy atom. The number of aryl methyl sites for hydroxylation is 1. The fraction of sp³-hybridized carbons (Fsp3) is 0.222. The van der Waals surface area contributed by atoms with Crippen molar-refractivity contribution in [3.05, 3.63) is 65.7 Å². The third-order valence-electron chi connectivity index (χ3n) is 3.33. The number of carbonyl (C=O) groups excluding carboxylic acids is 2. The monoisotopic (exact) mass is 312 g/mol. The van der Waals surface area contributed by atoms with Crippen molar-refractivity contribution in [3.8, 4) is 0 Å². The number of anilines is 1. The second-order valence-corrected chi connectivity index (χ2v) is 5.37. The van der Waals surface area contributed by atoms with Crippen molar-refractivity contribution in [3.63, 3.8) is 0 Å². The minimum atomic E-state index is -0.766. The molecule has 120 valence electrons. The van der Waals surface area contributed by atoms with Gasteiger partial charge in [0, 0.05) is 18.7 Å². The highest BCUT2D eigenvalue weighted by molar-refractivity contribution is 6.39. The molecule has 0 aliphatic carbocycles. The second kappa shape index (κ2) is 8.10. The molecule has 2 rings (SSSR count). The van der Waals surface area contributed by atoms with E-state index >= 15 is 0 Å². The zero-order chi connectivity index (χ0) is 16.7. The Hall–Kier alpha value is -2.66. The molecule has 0 spiro atoms. The number of hydrogen-bond donors (Lipinski definition) is 3. The van der Waals surface area contributed by atoms with Crippen LogP contribution in [0.5, 0.6) is 0 Å². The van der Waals surface area contributed by atoms with Gasteiger partial charge in [-0.25, -0.2) is 0 Å². The Morgan fingerprint density at radius 3 is 2.30 bits per heavy atom. The highest BCUT2D eigenvalue weighted by Gasteiger charge is 2.15. The van der Waals surface area contributed by atoms with Gasteiger partial charge in [-0.15, -0.1) is 0 Å². The zero-order valence-corrected chi connectivity index (χ0v) is 13.0. The average molecular weight is 312 g/mol. The molecule has 0 radical (unpaired) electrons. The molecule has 0 saturated heterocycles. The average Bonchev–Trinajstić information content (AvgIpc) is 2.55. The van der Waals surface area contributed by atoms with Crippen molar-refractivity contribution < 1.29 is 14.7 Å². The largest absolute Gasteiger partial charge is 0.391 e. The molecule has 2 aromatic rings. The molecule has 5 nitrogen and oxygen atoms in total. The van der Waals surface area contributed by atoms with Gasteiger partial charge in [-0.1, -0.05) is 48.0 Å². The summed E-state index contributed by atoms with van der Waals surface area (Å²) in [5.41, 5.74) is 2.59. The van der Waals surface area contributed by atoms with Crippen molar-refractivity contribution in [2.45, 2.75) is 19.4 Å². The van der Waals surface area contributed by atoms with Crippen LogP contribution in [0.4, 0.5) is 5.69 Å². The minimum absolute atomic E-state index is 0.0229. The lowest BCUT2D eigenvalue weighted by molar-refractivity contribution is -0.136. The Kier molecular flexibility index (Phi) is 5.88. The maximum absolute atomic E-state index is 11.8. The van der Waals surface area contributed by atoms with E-state index in [1.54, 1.807) is 12.1 Å². The number of nitrogens with one attached hydrogen (secondary N) is 2. The Balaban J connectivity index is 1.77. The van der Waals surface area contributed by atoms with Crippen LogP contribution < -0.4 is 10.6 Å². The lowest BCUT2D eigenvalue weighted by Crippen LogP contribution is -2.40. The van der Waals surface area contributed by atoms with E-state index in [-0.39, 0.29) is 6.54 Å². The second-order valence-electron chi connectivity index (χ2n) is 5.37. The lowest BCUT2D eigenvalue weighted by atomic mass is 10.1. The molecule has 1 atom stereocenters. The summed E-state index contributed by atoms with van der Waals surface area (Å²) in [6.07, 6.45) is -0.325. The standard InChI is InChI=1S/C18H20N2O3/c1-13-7-9-15(10-8-13)20-18(23)17(22)19-12-16(21)11-14-5-3-2-4-6-14/h2-10,16,21H,11-12H2,1H3,(H,19,22)(H,20,23). The van der Waals surface area contributed by atoms with Crippen molar-refractivity contribution in [2.24, 2.45) is 0 Å². The van der Waals surface area contributed by atoms with E-state index in [4.69, 9.17) is 0 Å². The van der Waals surface area contributed by atoms with E-state index in [1.165, 1.54) is 0 Å². The SMILES string of the molecule is Cc1ccc(NC(=O)C(=O)NCC(O)Cc2ccccc2)cc1. The van der Waals surface area contributed by atoms with Crippen molar-refractivity contribution >= 4 is 17.5 Å². The first kappa shape index (κ1) is 16.7. The number of carbonyl (C=O) groups is 2. The summed E-state index contributed by atoms with van der Waals surface area (Å²) in [6, 6.07) is 16.6. The predicted octanol–water partition coefficient (Wildman–Crippen LogP) is 1.65. The molecule has 5 heteroatoms. The van der Waals surface area contributed by atoms with E-state index in [0.29, 0.717) is 12.1 Å². The molecule has 1 unspecified atom stereocenters. The zero-order valence-electron chi connectivity index (χ0n) is 13.0. The van der Waals surface area contributed by atoms with Crippen LogP contribution in [0.2, 0.25) is 0 Å². The van der Waals surface area contributed by atoms with Gasteiger partial charge in [-0.05, 0) is 24.6 Å². The molecule has 0 aliphatic heterocycles. The minimum Gasteiger partial charge on any atom is -0.391 e. The van der Waals surface area contributed by atoms with Gasteiger partial charge >= 0.3 is 11.8 Å². The number of amides is 2. The summed E-state index contributed by atoms with van der Waals surface area (Å²) in [5, 5.41) is 14.8. The van der Waals surface area contributed by atoms with E-state index in [0.717, 1.165) is 11.1 Å². The maximum Gasteiger partial charge on any atom is 0.313 e.